The Bertz CT molecular complexity index is 734. The molecule has 1 aromatic heterocycles. The van der Waals surface area contributed by atoms with E-state index in [0.29, 0.717) is 29.1 Å². The molecule has 3 N–H and O–H groups in total. The van der Waals surface area contributed by atoms with Crippen molar-refractivity contribution < 1.29 is 9.53 Å². The molecule has 0 saturated carbocycles. The van der Waals surface area contributed by atoms with Gasteiger partial charge in [0.2, 0.25) is 5.91 Å². The minimum atomic E-state index is -0.163. The van der Waals surface area contributed by atoms with Crippen LogP contribution in [0.5, 0.6) is 5.75 Å². The van der Waals surface area contributed by atoms with E-state index in [0.717, 1.165) is 17.5 Å². The van der Waals surface area contributed by atoms with Crippen molar-refractivity contribution in [3.63, 3.8) is 0 Å². The topological polar surface area (TPSA) is 77.2 Å². The third-order valence-electron chi connectivity index (χ3n) is 3.56. The first kappa shape index (κ1) is 19.2. The molecule has 2 aromatic rings. The van der Waals surface area contributed by atoms with Crippen LogP contribution >= 0.6 is 11.6 Å². The number of nitrogens with two attached hydrogens (primary N) is 1. The van der Waals surface area contributed by atoms with Gasteiger partial charge in [-0.25, -0.2) is 4.98 Å². The molecular weight excluding hydrogens is 338 g/mol. The number of anilines is 1. The molecule has 0 aliphatic heterocycles. The SMILES string of the molecule is CC(=O)Nc1cc(-c2ccc(OC[C@@H](N)CC(C)C)c(Cl)c2)ccn1. The van der Waals surface area contributed by atoms with E-state index in [-0.39, 0.29) is 11.9 Å². The van der Waals surface area contributed by atoms with Crippen LogP contribution in [0.1, 0.15) is 27.2 Å². The predicted octanol–water partition coefficient (Wildman–Crippen LogP) is 4.11. The average Bonchev–Trinajstić information content (AvgIpc) is 2.52. The monoisotopic (exact) mass is 361 g/mol. The highest BCUT2D eigenvalue weighted by atomic mass is 35.5. The molecule has 0 unspecified atom stereocenters. The summed E-state index contributed by atoms with van der Waals surface area (Å²) in [6, 6.07) is 9.22. The first-order chi connectivity index (χ1) is 11.8. The molecule has 5 nitrogen and oxygen atoms in total. The first-order valence-corrected chi connectivity index (χ1v) is 8.65. The van der Waals surface area contributed by atoms with Gasteiger partial charge in [0.15, 0.2) is 0 Å². The highest BCUT2D eigenvalue weighted by Gasteiger charge is 2.10. The number of nitrogens with zero attached hydrogens (tertiary/aromatic N) is 1. The number of hydrogen-bond donors (Lipinski definition) is 2. The van der Waals surface area contributed by atoms with Crippen LogP contribution in [0.15, 0.2) is 36.5 Å². The van der Waals surface area contributed by atoms with E-state index < -0.39 is 0 Å². The largest absolute Gasteiger partial charge is 0.490 e. The second kappa shape index (κ2) is 8.83. The Morgan fingerprint density at radius 2 is 2.00 bits per heavy atom. The summed E-state index contributed by atoms with van der Waals surface area (Å²) in [6.07, 6.45) is 2.54. The van der Waals surface area contributed by atoms with Crippen molar-refractivity contribution in [3.05, 3.63) is 41.6 Å². The molecule has 25 heavy (non-hydrogen) atoms. The summed E-state index contributed by atoms with van der Waals surface area (Å²) in [5.74, 6) is 1.48. The second-order valence-corrected chi connectivity index (χ2v) is 6.86. The Hall–Kier alpha value is -2.11. The third kappa shape index (κ3) is 6.03. The molecule has 1 aromatic carbocycles. The van der Waals surface area contributed by atoms with Gasteiger partial charge < -0.3 is 15.8 Å². The number of amides is 1. The summed E-state index contributed by atoms with van der Waals surface area (Å²) >= 11 is 6.34. The quantitative estimate of drug-likeness (QED) is 0.777. The zero-order chi connectivity index (χ0) is 18.4. The average molecular weight is 362 g/mol. The van der Waals surface area contributed by atoms with Gasteiger partial charge in [-0.3, -0.25) is 4.79 Å². The van der Waals surface area contributed by atoms with E-state index in [1.807, 2.05) is 24.3 Å². The number of rotatable bonds is 7. The Labute approximate surface area is 153 Å². The van der Waals surface area contributed by atoms with Crippen molar-refractivity contribution in [1.29, 1.82) is 0 Å². The van der Waals surface area contributed by atoms with Crippen LogP contribution in [-0.4, -0.2) is 23.5 Å². The van der Waals surface area contributed by atoms with Gasteiger partial charge in [-0.2, -0.15) is 0 Å². The standard InChI is InChI=1S/C19H24ClN3O2/c1-12(2)8-16(21)11-25-18-5-4-14(9-17(18)20)15-6-7-22-19(10-15)23-13(3)24/h4-7,9-10,12,16H,8,11,21H2,1-3H3,(H,22,23,24)/t16-/m0/s1. The number of nitrogens with one attached hydrogen (secondary N) is 1. The number of hydrogen-bond acceptors (Lipinski definition) is 4. The number of ether oxygens (including phenoxy) is 1. The first-order valence-electron chi connectivity index (χ1n) is 8.27. The van der Waals surface area contributed by atoms with Crippen molar-refractivity contribution in [2.24, 2.45) is 11.7 Å². The fraction of sp³-hybridized carbons (Fsp3) is 0.368. The Morgan fingerprint density at radius 3 is 2.64 bits per heavy atom. The number of carbonyl (C=O) groups is 1. The number of halogens is 1. The Morgan fingerprint density at radius 1 is 1.28 bits per heavy atom. The van der Waals surface area contributed by atoms with Crippen molar-refractivity contribution in [3.8, 4) is 16.9 Å². The van der Waals surface area contributed by atoms with Crippen LogP contribution in [-0.2, 0) is 4.79 Å². The molecule has 0 aliphatic rings. The molecule has 0 aliphatic carbocycles. The van der Waals surface area contributed by atoms with Crippen molar-refractivity contribution in [2.45, 2.75) is 33.2 Å². The molecule has 0 saturated heterocycles. The highest BCUT2D eigenvalue weighted by Crippen LogP contribution is 2.31. The summed E-state index contributed by atoms with van der Waals surface area (Å²) < 4.78 is 5.74. The van der Waals surface area contributed by atoms with Gasteiger partial charge in [-0.1, -0.05) is 31.5 Å². The smallest absolute Gasteiger partial charge is 0.222 e. The lowest BCUT2D eigenvalue weighted by Crippen LogP contribution is -2.29. The zero-order valence-corrected chi connectivity index (χ0v) is 15.5. The lowest BCUT2D eigenvalue weighted by Gasteiger charge is -2.16. The maximum absolute atomic E-state index is 11.2. The maximum atomic E-state index is 11.2. The number of carbonyl (C=O) groups excluding carboxylic acids is 1. The molecule has 0 radical (unpaired) electrons. The normalized spacial score (nSPS) is 12.1. The van der Waals surface area contributed by atoms with Crippen molar-refractivity contribution in [1.82, 2.24) is 4.98 Å². The van der Waals surface area contributed by atoms with Gasteiger partial charge >= 0.3 is 0 Å². The number of pyridine rings is 1. The molecular formula is C19H24ClN3O2. The molecule has 0 fully saturated rings. The number of benzene rings is 1. The van der Waals surface area contributed by atoms with Gasteiger partial charge in [-0.15, -0.1) is 0 Å². The van der Waals surface area contributed by atoms with Gasteiger partial charge in [0, 0.05) is 19.2 Å². The van der Waals surface area contributed by atoms with Crippen LogP contribution in [0.25, 0.3) is 11.1 Å². The highest BCUT2D eigenvalue weighted by molar-refractivity contribution is 6.32. The lowest BCUT2D eigenvalue weighted by atomic mass is 10.1. The van der Waals surface area contributed by atoms with Crippen LogP contribution in [0, 0.1) is 5.92 Å². The second-order valence-electron chi connectivity index (χ2n) is 6.46. The van der Waals surface area contributed by atoms with Gasteiger partial charge in [0.25, 0.3) is 0 Å². The molecule has 0 spiro atoms. The summed E-state index contributed by atoms with van der Waals surface area (Å²) in [5, 5.41) is 3.19. The Balaban J connectivity index is 2.10. The predicted molar refractivity (Wildman–Crippen MR) is 102 cm³/mol. The molecule has 6 heteroatoms. The molecule has 0 bridgehead atoms. The van der Waals surface area contributed by atoms with Crippen molar-refractivity contribution >= 4 is 23.3 Å². The zero-order valence-electron chi connectivity index (χ0n) is 14.8. The van der Waals surface area contributed by atoms with Crippen LogP contribution in [0.2, 0.25) is 5.02 Å². The lowest BCUT2D eigenvalue weighted by molar-refractivity contribution is -0.114. The number of aromatic nitrogens is 1. The van der Waals surface area contributed by atoms with Crippen molar-refractivity contribution in [2.75, 3.05) is 11.9 Å². The summed E-state index contributed by atoms with van der Waals surface area (Å²) in [6.45, 7) is 6.14. The fourth-order valence-electron chi connectivity index (χ4n) is 2.53. The van der Waals surface area contributed by atoms with E-state index in [2.05, 4.69) is 24.1 Å². The van der Waals surface area contributed by atoms with E-state index in [1.54, 1.807) is 12.3 Å². The molecule has 1 amide bonds. The summed E-state index contributed by atoms with van der Waals surface area (Å²) in [5.41, 5.74) is 7.86. The fourth-order valence-corrected chi connectivity index (χ4v) is 2.76. The van der Waals surface area contributed by atoms with Gasteiger partial charge in [0.05, 0.1) is 5.02 Å². The maximum Gasteiger partial charge on any atom is 0.222 e. The van der Waals surface area contributed by atoms with Gasteiger partial charge in [-0.05, 0) is 47.7 Å². The minimum Gasteiger partial charge on any atom is -0.490 e. The van der Waals surface area contributed by atoms with Crippen LogP contribution in [0.4, 0.5) is 5.82 Å². The van der Waals surface area contributed by atoms with Crippen LogP contribution < -0.4 is 15.8 Å². The van der Waals surface area contributed by atoms with Gasteiger partial charge in [0.1, 0.15) is 18.2 Å². The molecule has 2 rings (SSSR count). The molecule has 1 atom stereocenters. The minimum absolute atomic E-state index is 0.0174. The summed E-state index contributed by atoms with van der Waals surface area (Å²) in [7, 11) is 0. The van der Waals surface area contributed by atoms with Crippen LogP contribution in [0.3, 0.4) is 0 Å². The summed E-state index contributed by atoms with van der Waals surface area (Å²) in [4.78, 5) is 15.3. The van der Waals surface area contributed by atoms with E-state index in [1.165, 1.54) is 6.92 Å². The van der Waals surface area contributed by atoms with E-state index in [4.69, 9.17) is 22.1 Å². The Kier molecular flexibility index (Phi) is 6.79. The van der Waals surface area contributed by atoms with E-state index >= 15 is 0 Å². The van der Waals surface area contributed by atoms with E-state index in [9.17, 15) is 4.79 Å². The third-order valence-corrected chi connectivity index (χ3v) is 3.85. The molecule has 134 valence electrons. The molecule has 1 heterocycles.